The Morgan fingerprint density at radius 3 is 2.54 bits per heavy atom. The highest BCUT2D eigenvalue weighted by Crippen LogP contribution is 2.15. The summed E-state index contributed by atoms with van der Waals surface area (Å²) in [6.07, 6.45) is 0. The van der Waals surface area contributed by atoms with Crippen molar-refractivity contribution in [3.05, 3.63) is 56.9 Å². The van der Waals surface area contributed by atoms with E-state index < -0.39 is 17.1 Å². The molecule has 2 rings (SSSR count). The number of rotatable bonds is 6. The van der Waals surface area contributed by atoms with Crippen LogP contribution in [0, 0.1) is 6.92 Å². The highest BCUT2D eigenvalue weighted by molar-refractivity contribution is 6.30. The summed E-state index contributed by atoms with van der Waals surface area (Å²) >= 11 is 5.75. The SMILES string of the molecule is CC(=O)c1c(NNC(=O)COc2ccc(Cl)cc2)oc(C)cc1=O. The highest BCUT2D eigenvalue weighted by Gasteiger charge is 2.16. The van der Waals surface area contributed by atoms with Crippen molar-refractivity contribution in [2.24, 2.45) is 0 Å². The Bertz CT molecular complexity index is 814. The summed E-state index contributed by atoms with van der Waals surface area (Å²) in [5.41, 5.74) is 4.09. The standard InChI is InChI=1S/C16H15ClN2O5/c1-9-7-13(21)15(10(2)20)16(24-9)19-18-14(22)8-23-12-5-3-11(17)4-6-12/h3-7,19H,8H2,1-2H3,(H,18,22). The average molecular weight is 351 g/mol. The van der Waals surface area contributed by atoms with E-state index in [1.165, 1.54) is 13.0 Å². The minimum Gasteiger partial charge on any atom is -0.484 e. The number of halogens is 1. The van der Waals surface area contributed by atoms with Crippen LogP contribution in [0.1, 0.15) is 23.0 Å². The number of amides is 1. The molecule has 0 aliphatic rings. The lowest BCUT2D eigenvalue weighted by molar-refractivity contribution is -0.122. The lowest BCUT2D eigenvalue weighted by atomic mass is 10.2. The first-order valence-corrected chi connectivity index (χ1v) is 7.33. The number of benzene rings is 1. The number of ketones is 1. The number of carbonyl (C=O) groups excluding carboxylic acids is 2. The number of Topliss-reactive ketones (excluding diaryl/α,β-unsaturated/α-hetero) is 1. The van der Waals surface area contributed by atoms with E-state index in [9.17, 15) is 14.4 Å². The number of hydrogen-bond donors (Lipinski definition) is 2. The van der Waals surface area contributed by atoms with E-state index in [-0.39, 0.29) is 18.1 Å². The number of carbonyl (C=O) groups is 2. The van der Waals surface area contributed by atoms with Crippen molar-refractivity contribution in [2.75, 3.05) is 12.0 Å². The van der Waals surface area contributed by atoms with Gasteiger partial charge in [-0.1, -0.05) is 11.6 Å². The smallest absolute Gasteiger partial charge is 0.276 e. The lowest BCUT2D eigenvalue weighted by Gasteiger charge is -2.11. The molecule has 1 amide bonds. The maximum Gasteiger partial charge on any atom is 0.276 e. The van der Waals surface area contributed by atoms with E-state index in [4.69, 9.17) is 20.8 Å². The molecule has 126 valence electrons. The van der Waals surface area contributed by atoms with Crippen LogP contribution in [0.15, 0.2) is 39.5 Å². The van der Waals surface area contributed by atoms with E-state index in [1.54, 1.807) is 31.2 Å². The average Bonchev–Trinajstić information content (AvgIpc) is 2.51. The molecule has 1 heterocycles. The monoisotopic (exact) mass is 350 g/mol. The van der Waals surface area contributed by atoms with Gasteiger partial charge in [-0.05, 0) is 38.1 Å². The Hall–Kier alpha value is -2.80. The van der Waals surface area contributed by atoms with E-state index in [2.05, 4.69) is 10.9 Å². The number of ether oxygens (including phenoxy) is 1. The molecule has 24 heavy (non-hydrogen) atoms. The van der Waals surface area contributed by atoms with Gasteiger partial charge in [0, 0.05) is 11.1 Å². The molecule has 0 unspecified atom stereocenters. The molecular weight excluding hydrogens is 336 g/mol. The van der Waals surface area contributed by atoms with Crippen molar-refractivity contribution >= 4 is 29.2 Å². The Kier molecular flexibility index (Phi) is 5.59. The van der Waals surface area contributed by atoms with Gasteiger partial charge in [-0.2, -0.15) is 0 Å². The van der Waals surface area contributed by atoms with Gasteiger partial charge >= 0.3 is 0 Å². The van der Waals surface area contributed by atoms with Crippen molar-refractivity contribution < 1.29 is 18.7 Å². The molecule has 0 radical (unpaired) electrons. The van der Waals surface area contributed by atoms with Gasteiger partial charge in [0.25, 0.3) is 5.91 Å². The lowest BCUT2D eigenvalue weighted by Crippen LogP contribution is -2.35. The molecule has 0 aliphatic heterocycles. The second-order valence-corrected chi connectivity index (χ2v) is 5.33. The summed E-state index contributed by atoms with van der Waals surface area (Å²) in [6.45, 7) is 2.51. The predicted octanol–water partition coefficient (Wildman–Crippen LogP) is 2.33. The van der Waals surface area contributed by atoms with Crippen molar-refractivity contribution in [1.82, 2.24) is 5.43 Å². The van der Waals surface area contributed by atoms with Gasteiger partial charge in [-0.25, -0.2) is 0 Å². The van der Waals surface area contributed by atoms with Crippen LogP contribution < -0.4 is 21.0 Å². The first-order chi connectivity index (χ1) is 11.4. The third-order valence-electron chi connectivity index (χ3n) is 2.92. The molecule has 0 bridgehead atoms. The van der Waals surface area contributed by atoms with E-state index in [0.29, 0.717) is 16.5 Å². The molecule has 8 heteroatoms. The van der Waals surface area contributed by atoms with Crippen LogP contribution in [0.4, 0.5) is 5.88 Å². The second-order valence-electron chi connectivity index (χ2n) is 4.90. The number of hydrazine groups is 1. The van der Waals surface area contributed by atoms with Crippen LogP contribution >= 0.6 is 11.6 Å². The zero-order chi connectivity index (χ0) is 17.7. The summed E-state index contributed by atoms with van der Waals surface area (Å²) in [7, 11) is 0. The van der Waals surface area contributed by atoms with Crippen LogP contribution in [0.25, 0.3) is 0 Å². The van der Waals surface area contributed by atoms with Gasteiger partial charge in [0.2, 0.25) is 5.88 Å². The van der Waals surface area contributed by atoms with Gasteiger partial charge in [-0.3, -0.25) is 25.2 Å². The maximum absolute atomic E-state index is 11.8. The highest BCUT2D eigenvalue weighted by atomic mass is 35.5. The molecule has 0 aliphatic carbocycles. The molecule has 0 spiro atoms. The summed E-state index contributed by atoms with van der Waals surface area (Å²) in [5, 5.41) is 0.555. The zero-order valence-corrected chi connectivity index (χ0v) is 13.8. The van der Waals surface area contributed by atoms with Gasteiger partial charge in [0.05, 0.1) is 0 Å². The molecule has 2 N–H and O–H groups in total. The molecule has 1 aromatic carbocycles. The fraction of sp³-hybridized carbons (Fsp3) is 0.188. The molecule has 7 nitrogen and oxygen atoms in total. The van der Waals surface area contributed by atoms with Crippen molar-refractivity contribution in [1.29, 1.82) is 0 Å². The van der Waals surface area contributed by atoms with Crippen LogP contribution in [-0.4, -0.2) is 18.3 Å². The fourth-order valence-corrected chi connectivity index (χ4v) is 2.00. The summed E-state index contributed by atoms with van der Waals surface area (Å²) in [6, 6.07) is 7.71. The normalized spacial score (nSPS) is 10.1. The molecule has 2 aromatic rings. The Morgan fingerprint density at radius 2 is 1.92 bits per heavy atom. The molecule has 0 saturated carbocycles. The van der Waals surface area contributed by atoms with E-state index >= 15 is 0 Å². The topological polar surface area (TPSA) is 97.6 Å². The van der Waals surface area contributed by atoms with Gasteiger partial charge < -0.3 is 9.15 Å². The first kappa shape index (κ1) is 17.6. The quantitative estimate of drug-likeness (QED) is 0.613. The zero-order valence-electron chi connectivity index (χ0n) is 13.0. The van der Waals surface area contributed by atoms with E-state index in [1.807, 2.05) is 0 Å². The third kappa shape index (κ3) is 4.60. The molecule has 0 fully saturated rings. The first-order valence-electron chi connectivity index (χ1n) is 6.95. The minimum absolute atomic E-state index is 0.118. The number of anilines is 1. The number of hydrogen-bond acceptors (Lipinski definition) is 6. The molecular formula is C16H15ClN2O5. The van der Waals surface area contributed by atoms with Gasteiger partial charge in [-0.15, -0.1) is 0 Å². The fourth-order valence-electron chi connectivity index (χ4n) is 1.87. The van der Waals surface area contributed by atoms with Gasteiger partial charge in [0.15, 0.2) is 17.8 Å². The molecule has 1 aromatic heterocycles. The van der Waals surface area contributed by atoms with Crippen LogP contribution in [0.3, 0.4) is 0 Å². The maximum atomic E-state index is 11.8. The van der Waals surface area contributed by atoms with Crippen molar-refractivity contribution in [3.63, 3.8) is 0 Å². The Balaban J connectivity index is 1.98. The largest absolute Gasteiger partial charge is 0.484 e. The Morgan fingerprint density at radius 1 is 1.25 bits per heavy atom. The number of aryl methyl sites for hydroxylation is 1. The minimum atomic E-state index is -0.524. The molecule has 0 atom stereocenters. The molecule has 0 saturated heterocycles. The third-order valence-corrected chi connectivity index (χ3v) is 3.17. The number of nitrogens with one attached hydrogen (secondary N) is 2. The summed E-state index contributed by atoms with van der Waals surface area (Å²) < 4.78 is 10.5. The van der Waals surface area contributed by atoms with Gasteiger partial charge in [0.1, 0.15) is 17.1 Å². The second kappa shape index (κ2) is 7.65. The summed E-state index contributed by atoms with van der Waals surface area (Å²) in [5.74, 6) is -0.339. The Labute approximate surface area is 142 Å². The van der Waals surface area contributed by atoms with E-state index in [0.717, 1.165) is 0 Å². The van der Waals surface area contributed by atoms with Crippen molar-refractivity contribution in [3.8, 4) is 5.75 Å². The summed E-state index contributed by atoms with van der Waals surface area (Å²) in [4.78, 5) is 35.1. The van der Waals surface area contributed by atoms with Crippen LogP contribution in [0.2, 0.25) is 5.02 Å². The predicted molar refractivity (Wildman–Crippen MR) is 88.4 cm³/mol. The van der Waals surface area contributed by atoms with Crippen LogP contribution in [-0.2, 0) is 4.79 Å². The van der Waals surface area contributed by atoms with Crippen LogP contribution in [0.5, 0.6) is 5.75 Å². The van der Waals surface area contributed by atoms with Crippen molar-refractivity contribution in [2.45, 2.75) is 13.8 Å².